The quantitative estimate of drug-likeness (QED) is 0.815. The fourth-order valence-electron chi connectivity index (χ4n) is 2.33. The topological polar surface area (TPSA) is 74.9 Å². The molecule has 1 saturated heterocycles. The number of carbonyl (C=O) groups is 1. The van der Waals surface area contributed by atoms with E-state index in [0.29, 0.717) is 13.1 Å². The molecule has 1 aliphatic heterocycles. The van der Waals surface area contributed by atoms with Gasteiger partial charge in [-0.15, -0.1) is 0 Å². The van der Waals surface area contributed by atoms with Gasteiger partial charge >= 0.3 is 0 Å². The van der Waals surface area contributed by atoms with E-state index >= 15 is 0 Å². The van der Waals surface area contributed by atoms with Gasteiger partial charge < -0.3 is 10.0 Å². The maximum absolute atomic E-state index is 12.2. The summed E-state index contributed by atoms with van der Waals surface area (Å²) in [5, 5.41) is 9.62. The van der Waals surface area contributed by atoms with Crippen LogP contribution in [0, 0.1) is 0 Å². The standard InChI is InChI=1S/C13H13N3O3/c17-10-4-3-7-16-11(10)14-8-9(13(16)19)12(18)15-5-1-2-6-15/h3-4,7-8,17H,1-2,5-6H2. The Balaban J connectivity index is 2.13. The second kappa shape index (κ2) is 4.38. The van der Waals surface area contributed by atoms with Crippen LogP contribution in [0.15, 0.2) is 29.3 Å². The number of rotatable bonds is 1. The molecule has 0 unspecified atom stereocenters. The molecule has 98 valence electrons. The second-order valence-corrected chi connectivity index (χ2v) is 4.56. The van der Waals surface area contributed by atoms with Crippen LogP contribution in [0.3, 0.4) is 0 Å². The van der Waals surface area contributed by atoms with Crippen molar-refractivity contribution in [2.75, 3.05) is 13.1 Å². The highest BCUT2D eigenvalue weighted by atomic mass is 16.3. The van der Waals surface area contributed by atoms with Gasteiger partial charge in [-0.25, -0.2) is 4.98 Å². The zero-order valence-electron chi connectivity index (χ0n) is 10.2. The number of hydrogen-bond acceptors (Lipinski definition) is 4. The van der Waals surface area contributed by atoms with E-state index in [4.69, 9.17) is 0 Å². The van der Waals surface area contributed by atoms with Crippen LogP contribution >= 0.6 is 0 Å². The van der Waals surface area contributed by atoms with Crippen LogP contribution in [0.1, 0.15) is 23.2 Å². The lowest BCUT2D eigenvalue weighted by Gasteiger charge is -2.14. The van der Waals surface area contributed by atoms with E-state index in [2.05, 4.69) is 4.98 Å². The third-order valence-electron chi connectivity index (χ3n) is 3.34. The lowest BCUT2D eigenvalue weighted by atomic mass is 10.3. The van der Waals surface area contributed by atoms with Crippen LogP contribution in [0.25, 0.3) is 5.65 Å². The highest BCUT2D eigenvalue weighted by Gasteiger charge is 2.23. The van der Waals surface area contributed by atoms with Gasteiger partial charge in [0.15, 0.2) is 11.4 Å². The van der Waals surface area contributed by atoms with E-state index in [1.54, 1.807) is 4.90 Å². The Hall–Kier alpha value is -2.37. The van der Waals surface area contributed by atoms with Crippen molar-refractivity contribution in [3.05, 3.63) is 40.4 Å². The Morgan fingerprint density at radius 3 is 2.79 bits per heavy atom. The number of pyridine rings is 1. The lowest BCUT2D eigenvalue weighted by molar-refractivity contribution is 0.0790. The molecule has 0 bridgehead atoms. The largest absolute Gasteiger partial charge is 0.504 e. The molecule has 0 spiro atoms. The predicted octanol–water partition coefficient (Wildman–Crippen LogP) is 0.636. The molecule has 0 atom stereocenters. The molecule has 3 heterocycles. The van der Waals surface area contributed by atoms with E-state index in [-0.39, 0.29) is 22.9 Å². The number of hydrogen-bond donors (Lipinski definition) is 1. The summed E-state index contributed by atoms with van der Waals surface area (Å²) in [6, 6.07) is 2.99. The van der Waals surface area contributed by atoms with Gasteiger partial charge in [0.2, 0.25) is 0 Å². The fraction of sp³-hybridized carbons (Fsp3) is 0.308. The highest BCUT2D eigenvalue weighted by Crippen LogP contribution is 2.14. The maximum atomic E-state index is 12.2. The molecule has 1 fully saturated rings. The first-order valence-electron chi connectivity index (χ1n) is 6.17. The van der Waals surface area contributed by atoms with Gasteiger partial charge in [-0.1, -0.05) is 0 Å². The van der Waals surface area contributed by atoms with Crippen LogP contribution < -0.4 is 5.56 Å². The van der Waals surface area contributed by atoms with Crippen LogP contribution in [0.5, 0.6) is 5.75 Å². The molecular formula is C13H13N3O3. The van der Waals surface area contributed by atoms with Crippen LogP contribution in [0.2, 0.25) is 0 Å². The SMILES string of the molecule is O=C(c1cnc2c(O)cccn2c1=O)N1CCCC1. The van der Waals surface area contributed by atoms with E-state index in [9.17, 15) is 14.7 Å². The number of nitrogens with zero attached hydrogens (tertiary/aromatic N) is 3. The zero-order chi connectivity index (χ0) is 13.4. The summed E-state index contributed by atoms with van der Waals surface area (Å²) in [5.74, 6) is -0.368. The van der Waals surface area contributed by atoms with Gasteiger partial charge in [0.05, 0.1) is 0 Å². The lowest BCUT2D eigenvalue weighted by Crippen LogP contribution is -2.33. The number of amides is 1. The first-order chi connectivity index (χ1) is 9.18. The number of fused-ring (bicyclic) bond motifs is 1. The van der Waals surface area contributed by atoms with Crippen LogP contribution in [-0.2, 0) is 0 Å². The summed E-state index contributed by atoms with van der Waals surface area (Å²) in [6.07, 6.45) is 4.67. The van der Waals surface area contributed by atoms with E-state index in [0.717, 1.165) is 12.8 Å². The van der Waals surface area contributed by atoms with Gasteiger partial charge in [-0.05, 0) is 25.0 Å². The van der Waals surface area contributed by atoms with Crippen molar-refractivity contribution in [1.82, 2.24) is 14.3 Å². The molecule has 0 aliphatic carbocycles. The molecular weight excluding hydrogens is 246 g/mol. The molecule has 0 aromatic carbocycles. The molecule has 6 nitrogen and oxygen atoms in total. The fourth-order valence-corrected chi connectivity index (χ4v) is 2.33. The first-order valence-corrected chi connectivity index (χ1v) is 6.17. The summed E-state index contributed by atoms with van der Waals surface area (Å²) >= 11 is 0. The Labute approximate surface area is 108 Å². The van der Waals surface area contributed by atoms with E-state index in [1.165, 1.54) is 28.9 Å². The molecule has 0 radical (unpaired) electrons. The molecule has 6 heteroatoms. The van der Waals surface area contributed by atoms with Crippen molar-refractivity contribution in [2.45, 2.75) is 12.8 Å². The Morgan fingerprint density at radius 1 is 1.32 bits per heavy atom. The smallest absolute Gasteiger partial charge is 0.270 e. The number of aromatic hydroxyl groups is 1. The summed E-state index contributed by atoms with van der Waals surface area (Å²) < 4.78 is 1.19. The minimum Gasteiger partial charge on any atom is -0.504 e. The van der Waals surface area contributed by atoms with Gasteiger partial charge in [0.25, 0.3) is 11.5 Å². The number of carbonyl (C=O) groups excluding carboxylic acids is 1. The molecule has 2 aromatic rings. The molecule has 1 N–H and O–H groups in total. The number of likely N-dealkylation sites (tertiary alicyclic amines) is 1. The third-order valence-corrected chi connectivity index (χ3v) is 3.34. The van der Waals surface area contributed by atoms with Crippen molar-refractivity contribution in [1.29, 1.82) is 0 Å². The minimum atomic E-state index is -0.446. The molecule has 0 saturated carbocycles. The average molecular weight is 259 g/mol. The van der Waals surface area contributed by atoms with Crippen molar-refractivity contribution in [3.8, 4) is 5.75 Å². The zero-order valence-corrected chi connectivity index (χ0v) is 10.2. The van der Waals surface area contributed by atoms with Crippen molar-refractivity contribution in [3.63, 3.8) is 0 Å². The average Bonchev–Trinajstić information content (AvgIpc) is 2.93. The molecule has 3 rings (SSSR count). The van der Waals surface area contributed by atoms with E-state index in [1.807, 2.05) is 0 Å². The maximum Gasteiger partial charge on any atom is 0.270 e. The van der Waals surface area contributed by atoms with Crippen molar-refractivity contribution in [2.24, 2.45) is 0 Å². The predicted molar refractivity (Wildman–Crippen MR) is 68.3 cm³/mol. The second-order valence-electron chi connectivity index (χ2n) is 4.56. The Kier molecular flexibility index (Phi) is 2.70. The third kappa shape index (κ3) is 1.85. The normalized spacial score (nSPS) is 15.1. The van der Waals surface area contributed by atoms with Crippen molar-refractivity contribution >= 4 is 11.6 Å². The van der Waals surface area contributed by atoms with Gasteiger partial charge in [-0.3, -0.25) is 14.0 Å². The monoisotopic (exact) mass is 259 g/mol. The molecule has 19 heavy (non-hydrogen) atoms. The minimum absolute atomic E-state index is 0.0463. The summed E-state index contributed by atoms with van der Waals surface area (Å²) in [7, 11) is 0. The molecule has 1 amide bonds. The Bertz CT molecular complexity index is 702. The molecule has 2 aromatic heterocycles. The summed E-state index contributed by atoms with van der Waals surface area (Å²) in [5.41, 5.74) is -0.242. The summed E-state index contributed by atoms with van der Waals surface area (Å²) in [4.78, 5) is 30.1. The summed E-state index contributed by atoms with van der Waals surface area (Å²) in [6.45, 7) is 1.36. The molecule has 1 aliphatic rings. The number of aromatic nitrogens is 2. The highest BCUT2D eigenvalue weighted by molar-refractivity contribution is 5.94. The van der Waals surface area contributed by atoms with Crippen molar-refractivity contribution < 1.29 is 9.90 Å². The van der Waals surface area contributed by atoms with Gasteiger partial charge in [0.1, 0.15) is 5.56 Å². The van der Waals surface area contributed by atoms with Gasteiger partial charge in [-0.2, -0.15) is 0 Å². The first kappa shape index (κ1) is 11.7. The van der Waals surface area contributed by atoms with Crippen LogP contribution in [-0.4, -0.2) is 38.4 Å². The van der Waals surface area contributed by atoms with Crippen LogP contribution in [0.4, 0.5) is 0 Å². The Morgan fingerprint density at radius 2 is 2.05 bits per heavy atom. The van der Waals surface area contributed by atoms with E-state index < -0.39 is 5.56 Å². The van der Waals surface area contributed by atoms with Gasteiger partial charge in [0, 0.05) is 25.5 Å².